The van der Waals surface area contributed by atoms with Crippen LogP contribution in [0.25, 0.3) is 22.6 Å². The predicted molar refractivity (Wildman–Crippen MR) is 131 cm³/mol. The zero-order chi connectivity index (χ0) is 24.1. The first-order valence-electron chi connectivity index (χ1n) is 11.3. The number of pyridine rings is 1. The number of nitrogens with zero attached hydrogens (tertiary/aromatic N) is 2. The first kappa shape index (κ1) is 23.2. The van der Waals surface area contributed by atoms with Gasteiger partial charge in [-0.15, -0.1) is 0 Å². The number of para-hydroxylation sites is 2. The summed E-state index contributed by atoms with van der Waals surface area (Å²) in [6.45, 7) is 4.26. The van der Waals surface area contributed by atoms with Gasteiger partial charge >= 0.3 is 5.97 Å². The zero-order valence-corrected chi connectivity index (χ0v) is 19.2. The summed E-state index contributed by atoms with van der Waals surface area (Å²) in [4.78, 5) is 31.8. The average molecular weight is 458 g/mol. The molecular weight excluding hydrogens is 430 g/mol. The van der Waals surface area contributed by atoms with E-state index >= 15 is 0 Å². The van der Waals surface area contributed by atoms with E-state index in [1.165, 1.54) is 0 Å². The molecule has 1 atom stereocenters. The van der Waals surface area contributed by atoms with Gasteiger partial charge < -0.3 is 14.8 Å². The smallest absolute Gasteiger partial charge is 0.303 e. The van der Waals surface area contributed by atoms with Gasteiger partial charge in [0, 0.05) is 30.2 Å². The van der Waals surface area contributed by atoms with E-state index in [4.69, 9.17) is 9.52 Å². The van der Waals surface area contributed by atoms with Crippen molar-refractivity contribution < 1.29 is 19.1 Å². The van der Waals surface area contributed by atoms with Crippen molar-refractivity contribution in [3.8, 4) is 11.5 Å². The van der Waals surface area contributed by atoms with Crippen LogP contribution in [0, 0.1) is 5.92 Å². The zero-order valence-electron chi connectivity index (χ0n) is 19.2. The Labute approximate surface area is 197 Å². The molecule has 0 amide bonds. The van der Waals surface area contributed by atoms with Crippen molar-refractivity contribution in [2.45, 2.75) is 39.2 Å². The predicted octanol–water partition coefficient (Wildman–Crippen LogP) is 6.14. The first-order chi connectivity index (χ1) is 16.4. The van der Waals surface area contributed by atoms with Crippen molar-refractivity contribution in [1.29, 1.82) is 0 Å². The van der Waals surface area contributed by atoms with Crippen molar-refractivity contribution in [3.63, 3.8) is 0 Å². The van der Waals surface area contributed by atoms with Gasteiger partial charge in [-0.3, -0.25) is 9.59 Å². The number of Topliss-reactive ketones (excluding diaryl/α,β-unsaturated/α-hetero) is 1. The third-order valence-electron chi connectivity index (χ3n) is 5.66. The lowest BCUT2D eigenvalue weighted by atomic mass is 9.95. The van der Waals surface area contributed by atoms with Crippen molar-refractivity contribution in [3.05, 3.63) is 78.0 Å². The van der Waals surface area contributed by atoms with E-state index in [1.54, 1.807) is 18.3 Å². The Morgan fingerprint density at radius 3 is 2.41 bits per heavy atom. The monoisotopic (exact) mass is 457 g/mol. The molecule has 0 aliphatic carbocycles. The molecule has 0 bridgehead atoms. The fourth-order valence-corrected chi connectivity index (χ4v) is 3.81. The molecule has 2 aromatic heterocycles. The van der Waals surface area contributed by atoms with Crippen LogP contribution in [-0.2, 0) is 4.79 Å². The Morgan fingerprint density at radius 2 is 1.76 bits per heavy atom. The minimum absolute atomic E-state index is 0.0138. The highest BCUT2D eigenvalue weighted by Gasteiger charge is 2.18. The van der Waals surface area contributed by atoms with E-state index in [-0.39, 0.29) is 30.6 Å². The summed E-state index contributed by atoms with van der Waals surface area (Å²) >= 11 is 0. The number of aromatic nitrogens is 2. The Hall–Kier alpha value is -4.00. The number of anilines is 1. The quantitative estimate of drug-likeness (QED) is 0.276. The van der Waals surface area contributed by atoms with E-state index in [9.17, 15) is 9.59 Å². The molecule has 2 heterocycles. The molecule has 0 radical (unpaired) electrons. The van der Waals surface area contributed by atoms with Crippen LogP contribution in [0.4, 0.5) is 5.82 Å². The second-order valence-corrected chi connectivity index (χ2v) is 8.58. The van der Waals surface area contributed by atoms with E-state index in [1.807, 2.05) is 36.4 Å². The minimum atomic E-state index is -0.896. The summed E-state index contributed by atoms with van der Waals surface area (Å²) in [5, 5.41) is 12.2. The number of hydrogen-bond acceptors (Lipinski definition) is 6. The first-order valence-corrected chi connectivity index (χ1v) is 11.3. The van der Waals surface area contributed by atoms with Gasteiger partial charge in [0.15, 0.2) is 11.4 Å². The maximum atomic E-state index is 12.2. The Kier molecular flexibility index (Phi) is 7.01. The fraction of sp³-hybridized carbons (Fsp3) is 0.259. The van der Waals surface area contributed by atoms with Crippen LogP contribution in [0.5, 0.6) is 0 Å². The third kappa shape index (κ3) is 5.49. The highest BCUT2D eigenvalue weighted by atomic mass is 16.4. The second-order valence-electron chi connectivity index (χ2n) is 8.58. The normalized spacial score (nSPS) is 12.1. The number of aliphatic carboxylic acids is 1. The molecule has 7 nitrogen and oxygen atoms in total. The van der Waals surface area contributed by atoms with Gasteiger partial charge in [0.2, 0.25) is 5.89 Å². The molecule has 0 aliphatic heterocycles. The molecule has 0 aliphatic rings. The van der Waals surface area contributed by atoms with E-state index < -0.39 is 5.97 Å². The number of carboxylic acids is 1. The Bertz CT molecular complexity index is 1240. The van der Waals surface area contributed by atoms with Gasteiger partial charge in [0.25, 0.3) is 0 Å². The molecule has 0 fully saturated rings. The van der Waals surface area contributed by atoms with E-state index in [2.05, 4.69) is 41.3 Å². The lowest BCUT2D eigenvalue weighted by Crippen LogP contribution is -2.17. The number of fused-ring (bicyclic) bond motifs is 1. The highest BCUT2D eigenvalue weighted by Crippen LogP contribution is 2.29. The number of oxazole rings is 1. The second kappa shape index (κ2) is 10.3. The number of nitrogens with one attached hydrogen (secondary N) is 1. The molecular formula is C27H27N3O4. The maximum Gasteiger partial charge on any atom is 0.303 e. The number of rotatable bonds is 10. The topological polar surface area (TPSA) is 105 Å². The van der Waals surface area contributed by atoms with Crippen molar-refractivity contribution in [2.75, 3.05) is 5.32 Å². The van der Waals surface area contributed by atoms with Crippen LogP contribution in [0.1, 0.15) is 55.1 Å². The summed E-state index contributed by atoms with van der Waals surface area (Å²) < 4.78 is 5.87. The van der Waals surface area contributed by atoms with Gasteiger partial charge in [0.1, 0.15) is 11.3 Å². The molecule has 0 spiro atoms. The van der Waals surface area contributed by atoms with Crippen LogP contribution >= 0.6 is 0 Å². The van der Waals surface area contributed by atoms with Gasteiger partial charge in [-0.05, 0) is 54.3 Å². The van der Waals surface area contributed by atoms with Gasteiger partial charge in [-0.2, -0.15) is 0 Å². The lowest BCUT2D eigenvalue weighted by Gasteiger charge is -2.23. The molecule has 34 heavy (non-hydrogen) atoms. The molecule has 0 unspecified atom stereocenters. The van der Waals surface area contributed by atoms with Gasteiger partial charge in [-0.1, -0.05) is 38.1 Å². The lowest BCUT2D eigenvalue weighted by molar-refractivity contribution is -0.137. The van der Waals surface area contributed by atoms with Crippen LogP contribution < -0.4 is 5.32 Å². The summed E-state index contributed by atoms with van der Waals surface area (Å²) in [5.74, 6) is 0.549. The molecule has 2 N–H and O–H groups in total. The number of benzene rings is 2. The Balaban J connectivity index is 1.45. The maximum absolute atomic E-state index is 12.2. The number of carbonyl (C=O) groups excluding carboxylic acids is 1. The largest absolute Gasteiger partial charge is 0.481 e. The minimum Gasteiger partial charge on any atom is -0.481 e. The van der Waals surface area contributed by atoms with E-state index in [0.29, 0.717) is 23.7 Å². The summed E-state index contributed by atoms with van der Waals surface area (Å²) in [6, 6.07) is 19.3. The molecule has 4 aromatic rings. The van der Waals surface area contributed by atoms with Gasteiger partial charge in [-0.25, -0.2) is 9.97 Å². The van der Waals surface area contributed by atoms with Crippen LogP contribution in [0.3, 0.4) is 0 Å². The number of ketones is 1. The summed E-state index contributed by atoms with van der Waals surface area (Å²) in [5.41, 5.74) is 4.09. The molecule has 4 rings (SSSR count). The van der Waals surface area contributed by atoms with E-state index in [0.717, 1.165) is 22.2 Å². The SMILES string of the molecule is CC(C)[C@H](Nc1ccc(C(=O)CCCC(=O)O)cn1)c1ccc(-c2nc3ccccc3o2)cc1. The van der Waals surface area contributed by atoms with Crippen LogP contribution in [-0.4, -0.2) is 26.8 Å². The van der Waals surface area contributed by atoms with Gasteiger partial charge in [0.05, 0.1) is 6.04 Å². The standard InChI is InChI=1S/C27H27N3O4/c1-17(2)26(30-24-15-14-20(16-28-24)22(31)7-5-9-25(32)33)18-10-12-19(13-11-18)27-29-21-6-3-4-8-23(21)34-27/h3-4,6,8,10-17,26H,5,7,9H2,1-2H3,(H,28,30)(H,32,33)/t26-/m0/s1. The van der Waals surface area contributed by atoms with Crippen LogP contribution in [0.2, 0.25) is 0 Å². The highest BCUT2D eigenvalue weighted by molar-refractivity contribution is 5.96. The number of carbonyl (C=O) groups is 2. The fourth-order valence-electron chi connectivity index (χ4n) is 3.81. The van der Waals surface area contributed by atoms with Crippen molar-refractivity contribution in [1.82, 2.24) is 9.97 Å². The molecule has 0 saturated heterocycles. The molecule has 2 aromatic carbocycles. The third-order valence-corrected chi connectivity index (χ3v) is 5.66. The van der Waals surface area contributed by atoms with Crippen LogP contribution in [0.15, 0.2) is 71.3 Å². The van der Waals surface area contributed by atoms with Crippen molar-refractivity contribution in [2.24, 2.45) is 5.92 Å². The Morgan fingerprint density at radius 1 is 1.00 bits per heavy atom. The molecule has 7 heteroatoms. The number of hydrogen-bond donors (Lipinski definition) is 2. The van der Waals surface area contributed by atoms with Crippen molar-refractivity contribution >= 4 is 28.7 Å². The average Bonchev–Trinajstić information content (AvgIpc) is 3.27. The molecule has 0 saturated carbocycles. The number of carboxylic acid groups (broad SMARTS) is 1. The molecule has 174 valence electrons. The summed E-state index contributed by atoms with van der Waals surface area (Å²) in [7, 11) is 0. The summed E-state index contributed by atoms with van der Waals surface area (Å²) in [6.07, 6.45) is 2.05.